The lowest BCUT2D eigenvalue weighted by molar-refractivity contribution is 0.0383. The van der Waals surface area contributed by atoms with Crippen molar-refractivity contribution in [2.45, 2.75) is 6.92 Å². The van der Waals surface area contributed by atoms with Crippen molar-refractivity contribution in [3.8, 4) is 0 Å². The van der Waals surface area contributed by atoms with Crippen LogP contribution in [0.3, 0.4) is 0 Å². The fourth-order valence-electron chi connectivity index (χ4n) is 2.76. The predicted octanol–water partition coefficient (Wildman–Crippen LogP) is 2.20. The fraction of sp³-hybridized carbons (Fsp3) is 0.368. The van der Waals surface area contributed by atoms with Crippen molar-refractivity contribution in [2.75, 3.05) is 44.7 Å². The number of ether oxygens (including phenoxy) is 1. The van der Waals surface area contributed by atoms with E-state index in [2.05, 4.69) is 20.5 Å². The molecular formula is C19H24N4O2. The molecule has 1 aromatic heterocycles. The van der Waals surface area contributed by atoms with Crippen molar-refractivity contribution in [2.24, 2.45) is 0 Å². The molecule has 0 unspecified atom stereocenters. The van der Waals surface area contributed by atoms with Crippen molar-refractivity contribution in [1.29, 1.82) is 0 Å². The van der Waals surface area contributed by atoms with Crippen molar-refractivity contribution in [1.82, 2.24) is 15.2 Å². The number of para-hydroxylation sites is 1. The van der Waals surface area contributed by atoms with E-state index >= 15 is 0 Å². The largest absolute Gasteiger partial charge is 0.379 e. The van der Waals surface area contributed by atoms with Gasteiger partial charge in [0.15, 0.2) is 0 Å². The summed E-state index contributed by atoms with van der Waals surface area (Å²) in [6, 6.07) is 9.84. The predicted molar refractivity (Wildman–Crippen MR) is 98.3 cm³/mol. The Morgan fingerprint density at radius 3 is 2.84 bits per heavy atom. The van der Waals surface area contributed by atoms with Crippen LogP contribution in [0.15, 0.2) is 42.7 Å². The average Bonchev–Trinajstić information content (AvgIpc) is 2.65. The van der Waals surface area contributed by atoms with E-state index in [4.69, 9.17) is 4.74 Å². The lowest BCUT2D eigenvalue weighted by atomic mass is 10.2. The maximum Gasteiger partial charge on any atom is 0.252 e. The van der Waals surface area contributed by atoms with E-state index in [0.717, 1.165) is 49.8 Å². The van der Waals surface area contributed by atoms with E-state index in [1.54, 1.807) is 12.4 Å². The summed E-state index contributed by atoms with van der Waals surface area (Å²) in [7, 11) is 0. The second-order valence-electron chi connectivity index (χ2n) is 6.11. The van der Waals surface area contributed by atoms with Crippen LogP contribution in [0, 0.1) is 6.92 Å². The van der Waals surface area contributed by atoms with Crippen LogP contribution in [0.25, 0.3) is 0 Å². The molecule has 1 fully saturated rings. The molecule has 1 aliphatic rings. The molecular weight excluding hydrogens is 316 g/mol. The Balaban J connectivity index is 1.55. The van der Waals surface area contributed by atoms with Crippen LogP contribution in [0.4, 0.5) is 11.4 Å². The molecule has 1 aromatic carbocycles. The summed E-state index contributed by atoms with van der Waals surface area (Å²) < 4.78 is 5.32. The number of aryl methyl sites for hydroxylation is 1. The van der Waals surface area contributed by atoms with E-state index in [1.807, 2.05) is 37.3 Å². The topological polar surface area (TPSA) is 66.5 Å². The number of anilines is 2. The number of amides is 1. The van der Waals surface area contributed by atoms with Gasteiger partial charge in [0.2, 0.25) is 0 Å². The molecule has 6 nitrogen and oxygen atoms in total. The second kappa shape index (κ2) is 8.60. The van der Waals surface area contributed by atoms with Crippen molar-refractivity contribution in [3.05, 3.63) is 53.9 Å². The first-order valence-corrected chi connectivity index (χ1v) is 8.58. The maximum absolute atomic E-state index is 12.3. The average molecular weight is 340 g/mol. The van der Waals surface area contributed by atoms with Gasteiger partial charge in [-0.25, -0.2) is 0 Å². The van der Waals surface area contributed by atoms with Gasteiger partial charge in [-0.15, -0.1) is 0 Å². The number of hydrogen-bond acceptors (Lipinski definition) is 5. The molecule has 6 heteroatoms. The van der Waals surface area contributed by atoms with Crippen molar-refractivity contribution in [3.63, 3.8) is 0 Å². The van der Waals surface area contributed by atoms with Crippen LogP contribution in [0.1, 0.15) is 15.9 Å². The SMILES string of the molecule is Cc1ccccc1Nc1cncc(C(=O)NCCN2CCOCC2)c1. The van der Waals surface area contributed by atoms with Gasteiger partial charge >= 0.3 is 0 Å². The first-order valence-electron chi connectivity index (χ1n) is 8.58. The first kappa shape index (κ1) is 17.4. The second-order valence-corrected chi connectivity index (χ2v) is 6.11. The standard InChI is InChI=1S/C19H24N4O2/c1-15-4-2-3-5-18(15)22-17-12-16(13-20-14-17)19(24)21-6-7-23-8-10-25-11-9-23/h2-5,12-14,22H,6-11H2,1H3,(H,21,24). The van der Waals surface area contributed by atoms with E-state index in [0.29, 0.717) is 12.1 Å². The zero-order valence-electron chi connectivity index (χ0n) is 14.5. The van der Waals surface area contributed by atoms with Gasteiger partial charge < -0.3 is 15.4 Å². The Kier molecular flexibility index (Phi) is 5.98. The molecule has 2 N–H and O–H groups in total. The highest BCUT2D eigenvalue weighted by Gasteiger charge is 2.11. The van der Waals surface area contributed by atoms with Gasteiger partial charge in [0.05, 0.1) is 30.7 Å². The van der Waals surface area contributed by atoms with Gasteiger partial charge in [-0.05, 0) is 24.6 Å². The molecule has 25 heavy (non-hydrogen) atoms. The van der Waals surface area contributed by atoms with E-state index in [1.165, 1.54) is 0 Å². The quantitative estimate of drug-likeness (QED) is 0.844. The third kappa shape index (κ3) is 5.01. The number of pyridine rings is 1. The molecule has 0 aliphatic carbocycles. The summed E-state index contributed by atoms with van der Waals surface area (Å²) in [4.78, 5) is 18.8. The van der Waals surface area contributed by atoms with E-state index in [-0.39, 0.29) is 5.91 Å². The van der Waals surface area contributed by atoms with Crippen LogP contribution in [-0.4, -0.2) is 55.2 Å². The van der Waals surface area contributed by atoms with Gasteiger partial charge in [0.1, 0.15) is 0 Å². The molecule has 2 heterocycles. The summed E-state index contributed by atoms with van der Waals surface area (Å²) in [5.74, 6) is -0.103. The molecule has 3 rings (SSSR count). The zero-order valence-corrected chi connectivity index (χ0v) is 14.5. The minimum absolute atomic E-state index is 0.103. The lowest BCUT2D eigenvalue weighted by Crippen LogP contribution is -2.41. The van der Waals surface area contributed by atoms with Crippen LogP contribution >= 0.6 is 0 Å². The van der Waals surface area contributed by atoms with Crippen LogP contribution in [0.2, 0.25) is 0 Å². The van der Waals surface area contributed by atoms with Gasteiger partial charge in [0, 0.05) is 38.1 Å². The van der Waals surface area contributed by atoms with Crippen LogP contribution in [-0.2, 0) is 4.74 Å². The number of carbonyl (C=O) groups excluding carboxylic acids is 1. The van der Waals surface area contributed by atoms with Crippen LogP contribution in [0.5, 0.6) is 0 Å². The Labute approximate surface area is 148 Å². The summed E-state index contributed by atoms with van der Waals surface area (Å²) in [6.07, 6.45) is 3.31. The Morgan fingerprint density at radius 1 is 1.24 bits per heavy atom. The Hall–Kier alpha value is -2.44. The Bertz CT molecular complexity index is 714. The molecule has 0 saturated carbocycles. The zero-order chi connectivity index (χ0) is 17.5. The molecule has 1 saturated heterocycles. The summed E-state index contributed by atoms with van der Waals surface area (Å²) in [5, 5.41) is 6.27. The number of benzene rings is 1. The van der Waals surface area contributed by atoms with Crippen LogP contribution < -0.4 is 10.6 Å². The van der Waals surface area contributed by atoms with Crippen molar-refractivity contribution < 1.29 is 9.53 Å². The minimum Gasteiger partial charge on any atom is -0.379 e. The molecule has 132 valence electrons. The van der Waals surface area contributed by atoms with Gasteiger partial charge in [0.25, 0.3) is 5.91 Å². The molecule has 1 amide bonds. The summed E-state index contributed by atoms with van der Waals surface area (Å²) in [6.45, 7) is 6.88. The third-order valence-corrected chi connectivity index (χ3v) is 4.24. The highest BCUT2D eigenvalue weighted by Crippen LogP contribution is 2.20. The fourth-order valence-corrected chi connectivity index (χ4v) is 2.76. The number of morpholine rings is 1. The number of nitrogens with one attached hydrogen (secondary N) is 2. The highest BCUT2D eigenvalue weighted by atomic mass is 16.5. The highest BCUT2D eigenvalue weighted by molar-refractivity contribution is 5.94. The van der Waals surface area contributed by atoms with E-state index in [9.17, 15) is 4.79 Å². The smallest absolute Gasteiger partial charge is 0.252 e. The minimum atomic E-state index is -0.103. The summed E-state index contributed by atoms with van der Waals surface area (Å²) in [5.41, 5.74) is 3.51. The Morgan fingerprint density at radius 2 is 2.04 bits per heavy atom. The van der Waals surface area contributed by atoms with E-state index < -0.39 is 0 Å². The molecule has 0 spiro atoms. The number of rotatable bonds is 6. The first-order chi connectivity index (χ1) is 12.2. The molecule has 0 bridgehead atoms. The number of aromatic nitrogens is 1. The maximum atomic E-state index is 12.3. The summed E-state index contributed by atoms with van der Waals surface area (Å²) >= 11 is 0. The molecule has 1 aliphatic heterocycles. The van der Waals surface area contributed by atoms with Gasteiger partial charge in [-0.3, -0.25) is 14.7 Å². The number of carbonyl (C=O) groups is 1. The monoisotopic (exact) mass is 340 g/mol. The van der Waals surface area contributed by atoms with Gasteiger partial charge in [-0.1, -0.05) is 18.2 Å². The molecule has 2 aromatic rings. The molecule has 0 atom stereocenters. The van der Waals surface area contributed by atoms with Crippen molar-refractivity contribution >= 4 is 17.3 Å². The third-order valence-electron chi connectivity index (χ3n) is 4.24. The van der Waals surface area contributed by atoms with Gasteiger partial charge in [-0.2, -0.15) is 0 Å². The number of nitrogens with zero attached hydrogens (tertiary/aromatic N) is 2. The normalized spacial score (nSPS) is 14.9. The molecule has 0 radical (unpaired) electrons. The number of hydrogen-bond donors (Lipinski definition) is 2. The lowest BCUT2D eigenvalue weighted by Gasteiger charge is -2.26.